The zero-order valence-corrected chi connectivity index (χ0v) is 7.46. The van der Waals surface area contributed by atoms with Crippen molar-refractivity contribution >= 4 is 5.97 Å². The Bertz CT molecular complexity index is 123. The van der Waals surface area contributed by atoms with Gasteiger partial charge < -0.3 is 10.5 Å². The van der Waals surface area contributed by atoms with Crippen LogP contribution in [0.1, 0.15) is 27.2 Å². The van der Waals surface area contributed by atoms with E-state index in [2.05, 4.69) is 0 Å². The van der Waals surface area contributed by atoms with E-state index in [-0.39, 0.29) is 5.97 Å². The molecule has 0 aliphatic rings. The lowest BCUT2D eigenvalue weighted by atomic mass is 10.1. The third-order valence-electron chi connectivity index (χ3n) is 1.31. The van der Waals surface area contributed by atoms with Crippen LogP contribution in [0.25, 0.3) is 0 Å². The van der Waals surface area contributed by atoms with Crippen LogP contribution in [0, 0.1) is 5.92 Å². The summed E-state index contributed by atoms with van der Waals surface area (Å²) in [5, 5.41) is 0. The van der Waals surface area contributed by atoms with Crippen LogP contribution in [0.15, 0.2) is 0 Å². The molecule has 0 bridgehead atoms. The van der Waals surface area contributed by atoms with Crippen LogP contribution >= 0.6 is 0 Å². The van der Waals surface area contributed by atoms with Gasteiger partial charge in [0.05, 0.1) is 6.61 Å². The second-order valence-electron chi connectivity index (χ2n) is 2.99. The van der Waals surface area contributed by atoms with Gasteiger partial charge in [-0.25, -0.2) is 0 Å². The monoisotopic (exact) mass is 159 g/mol. The predicted octanol–water partition coefficient (Wildman–Crippen LogP) is 0.923. The molecular weight excluding hydrogens is 142 g/mol. The number of hydrogen-bond donors (Lipinski definition) is 1. The van der Waals surface area contributed by atoms with Gasteiger partial charge in [0.1, 0.15) is 6.04 Å². The van der Waals surface area contributed by atoms with Crippen molar-refractivity contribution in [2.45, 2.75) is 33.2 Å². The molecule has 66 valence electrons. The van der Waals surface area contributed by atoms with Gasteiger partial charge in [-0.2, -0.15) is 0 Å². The minimum atomic E-state index is -0.449. The molecule has 0 aromatic carbocycles. The van der Waals surface area contributed by atoms with Gasteiger partial charge in [0.25, 0.3) is 0 Å². The first kappa shape index (κ1) is 10.4. The average molecular weight is 159 g/mol. The Balaban J connectivity index is 3.64. The van der Waals surface area contributed by atoms with Crippen molar-refractivity contribution in [2.24, 2.45) is 11.7 Å². The van der Waals surface area contributed by atoms with Crippen molar-refractivity contribution in [1.82, 2.24) is 0 Å². The van der Waals surface area contributed by atoms with Gasteiger partial charge in [-0.05, 0) is 19.3 Å². The van der Waals surface area contributed by atoms with Crippen LogP contribution in [0.3, 0.4) is 0 Å². The quantitative estimate of drug-likeness (QED) is 0.621. The minimum Gasteiger partial charge on any atom is -0.465 e. The smallest absolute Gasteiger partial charge is 0.322 e. The Morgan fingerprint density at radius 3 is 2.45 bits per heavy atom. The number of esters is 1. The van der Waals surface area contributed by atoms with Gasteiger partial charge in [0.15, 0.2) is 0 Å². The topological polar surface area (TPSA) is 52.3 Å². The number of rotatable bonds is 4. The van der Waals surface area contributed by atoms with E-state index in [0.717, 1.165) is 0 Å². The van der Waals surface area contributed by atoms with Crippen molar-refractivity contribution in [3.05, 3.63) is 0 Å². The summed E-state index contributed by atoms with van der Waals surface area (Å²) in [4.78, 5) is 10.9. The molecule has 0 saturated heterocycles. The molecule has 0 unspecified atom stereocenters. The number of hydrogen-bond acceptors (Lipinski definition) is 3. The number of carbonyl (C=O) groups is 1. The maximum Gasteiger partial charge on any atom is 0.322 e. The van der Waals surface area contributed by atoms with Crippen LogP contribution in [0.2, 0.25) is 0 Å². The van der Waals surface area contributed by atoms with Gasteiger partial charge in [-0.3, -0.25) is 4.79 Å². The molecule has 0 aromatic heterocycles. The maximum atomic E-state index is 10.9. The number of ether oxygens (including phenoxy) is 1. The summed E-state index contributed by atoms with van der Waals surface area (Å²) < 4.78 is 4.74. The van der Waals surface area contributed by atoms with Gasteiger partial charge in [-0.1, -0.05) is 13.8 Å². The van der Waals surface area contributed by atoms with E-state index in [1.165, 1.54) is 0 Å². The van der Waals surface area contributed by atoms with Gasteiger partial charge in [-0.15, -0.1) is 0 Å². The average Bonchev–Trinajstić information content (AvgIpc) is 1.86. The molecule has 3 nitrogen and oxygen atoms in total. The maximum absolute atomic E-state index is 10.9. The fourth-order valence-corrected chi connectivity index (χ4v) is 0.853. The first-order chi connectivity index (χ1) is 5.07. The van der Waals surface area contributed by atoms with Crippen molar-refractivity contribution < 1.29 is 9.53 Å². The van der Waals surface area contributed by atoms with Crippen LogP contribution in [0.5, 0.6) is 0 Å². The lowest BCUT2D eigenvalue weighted by molar-refractivity contribution is -0.145. The van der Waals surface area contributed by atoms with E-state index in [4.69, 9.17) is 10.5 Å². The molecule has 1 atom stereocenters. The van der Waals surface area contributed by atoms with E-state index >= 15 is 0 Å². The summed E-state index contributed by atoms with van der Waals surface area (Å²) in [6.07, 6.45) is 0.693. The second-order valence-corrected chi connectivity index (χ2v) is 2.99. The molecule has 0 heterocycles. The minimum absolute atomic E-state index is 0.291. The van der Waals surface area contributed by atoms with Crippen molar-refractivity contribution in [1.29, 1.82) is 0 Å². The first-order valence-electron chi connectivity index (χ1n) is 4.00. The summed E-state index contributed by atoms with van der Waals surface area (Å²) in [7, 11) is 0. The molecular formula is C8H17NO2. The molecule has 0 fully saturated rings. The summed E-state index contributed by atoms with van der Waals surface area (Å²) in [6, 6.07) is -0.449. The number of nitrogens with two attached hydrogens (primary N) is 1. The third kappa shape index (κ3) is 4.79. The molecule has 0 aromatic rings. The highest BCUT2D eigenvalue weighted by Crippen LogP contribution is 2.03. The summed E-state index contributed by atoms with van der Waals surface area (Å²) in [5.74, 6) is 0.149. The summed E-state index contributed by atoms with van der Waals surface area (Å²) in [5.41, 5.74) is 5.53. The Morgan fingerprint density at radius 2 is 2.09 bits per heavy atom. The van der Waals surface area contributed by atoms with E-state index in [1.807, 2.05) is 13.8 Å². The Morgan fingerprint density at radius 1 is 1.55 bits per heavy atom. The van der Waals surface area contributed by atoms with E-state index in [0.29, 0.717) is 18.9 Å². The molecule has 0 rings (SSSR count). The molecule has 0 aliphatic heterocycles. The van der Waals surface area contributed by atoms with E-state index in [9.17, 15) is 4.79 Å². The van der Waals surface area contributed by atoms with Crippen molar-refractivity contribution in [3.63, 3.8) is 0 Å². The van der Waals surface area contributed by atoms with Crippen molar-refractivity contribution in [3.8, 4) is 0 Å². The standard InChI is InChI=1S/C8H17NO2/c1-4-11-8(10)7(9)5-6(2)3/h6-7H,4-5,9H2,1-3H3/t7-/m0/s1. The highest BCUT2D eigenvalue weighted by atomic mass is 16.5. The van der Waals surface area contributed by atoms with Crippen LogP contribution < -0.4 is 5.73 Å². The van der Waals surface area contributed by atoms with Crippen molar-refractivity contribution in [2.75, 3.05) is 6.61 Å². The zero-order chi connectivity index (χ0) is 8.85. The Labute approximate surface area is 67.9 Å². The highest BCUT2D eigenvalue weighted by molar-refractivity contribution is 5.75. The van der Waals surface area contributed by atoms with E-state index in [1.54, 1.807) is 6.92 Å². The van der Waals surface area contributed by atoms with Crippen LogP contribution in [-0.4, -0.2) is 18.6 Å². The Hall–Kier alpha value is -0.570. The zero-order valence-electron chi connectivity index (χ0n) is 7.46. The summed E-state index contributed by atoms with van der Waals surface area (Å²) in [6.45, 7) is 6.24. The predicted molar refractivity (Wildman–Crippen MR) is 44.1 cm³/mol. The first-order valence-corrected chi connectivity index (χ1v) is 4.00. The molecule has 0 aliphatic carbocycles. The Kier molecular flexibility index (Phi) is 4.86. The molecule has 0 radical (unpaired) electrons. The van der Waals surface area contributed by atoms with Gasteiger partial charge >= 0.3 is 5.97 Å². The van der Waals surface area contributed by atoms with E-state index < -0.39 is 6.04 Å². The lowest BCUT2D eigenvalue weighted by Gasteiger charge is -2.11. The third-order valence-corrected chi connectivity index (χ3v) is 1.31. The molecule has 11 heavy (non-hydrogen) atoms. The second kappa shape index (κ2) is 5.13. The molecule has 2 N–H and O–H groups in total. The van der Waals surface area contributed by atoms with Gasteiger partial charge in [0.2, 0.25) is 0 Å². The largest absolute Gasteiger partial charge is 0.465 e. The van der Waals surface area contributed by atoms with Crippen LogP contribution in [0.4, 0.5) is 0 Å². The lowest BCUT2D eigenvalue weighted by Crippen LogP contribution is -2.33. The molecule has 3 heteroatoms. The molecule has 0 amide bonds. The molecule has 0 spiro atoms. The fraction of sp³-hybridized carbons (Fsp3) is 0.875. The fourth-order valence-electron chi connectivity index (χ4n) is 0.853. The normalized spacial score (nSPS) is 13.2. The SMILES string of the molecule is CCOC(=O)[C@@H](N)CC(C)C. The van der Waals surface area contributed by atoms with Gasteiger partial charge in [0, 0.05) is 0 Å². The van der Waals surface area contributed by atoms with Crippen LogP contribution in [-0.2, 0) is 9.53 Å². The summed E-state index contributed by atoms with van der Waals surface area (Å²) >= 11 is 0. The highest BCUT2D eigenvalue weighted by Gasteiger charge is 2.15. The molecule has 0 saturated carbocycles. The number of carbonyl (C=O) groups excluding carboxylic acids is 1.